The van der Waals surface area contributed by atoms with Crippen molar-refractivity contribution in [3.05, 3.63) is 29.8 Å². The molecule has 0 unspecified atom stereocenters. The normalized spacial score (nSPS) is 9.08. The lowest BCUT2D eigenvalue weighted by Gasteiger charge is -2.04. The first-order valence-electron chi connectivity index (χ1n) is 3.89. The zero-order valence-corrected chi connectivity index (χ0v) is 8.98. The van der Waals surface area contributed by atoms with Gasteiger partial charge in [0.25, 0.3) is 0 Å². The highest BCUT2D eigenvalue weighted by Gasteiger charge is 1.92. The minimum atomic E-state index is 0. The molecule has 13 heavy (non-hydrogen) atoms. The van der Waals surface area contributed by atoms with Crippen molar-refractivity contribution >= 4 is 25.0 Å². The van der Waals surface area contributed by atoms with Gasteiger partial charge in [0.2, 0.25) is 0 Å². The maximum atomic E-state index is 5.30. The van der Waals surface area contributed by atoms with Gasteiger partial charge in [-0.1, -0.05) is 12.1 Å². The first kappa shape index (κ1) is 12.6. The fourth-order valence-corrected chi connectivity index (χ4v) is 1.08. The molecule has 0 aliphatic carbocycles. The van der Waals surface area contributed by atoms with Crippen LogP contribution in [-0.2, 0) is 5.75 Å². The van der Waals surface area contributed by atoms with Gasteiger partial charge in [-0.3, -0.25) is 0 Å². The van der Waals surface area contributed by atoms with Crippen molar-refractivity contribution in [3.63, 3.8) is 0 Å². The van der Waals surface area contributed by atoms with E-state index in [1.54, 1.807) is 0 Å². The Morgan fingerprint density at radius 2 is 1.85 bits per heavy atom. The summed E-state index contributed by atoms with van der Waals surface area (Å²) in [5.74, 6) is 1.63. The molecule has 0 saturated heterocycles. The molecule has 0 aliphatic rings. The molecular formula is C9H14ClNOS. The highest BCUT2D eigenvalue weighted by molar-refractivity contribution is 7.79. The molecule has 0 heterocycles. The number of nitrogens with two attached hydrogens (primary N) is 1. The van der Waals surface area contributed by atoms with Crippen LogP contribution >= 0.6 is 25.0 Å². The second-order valence-corrected chi connectivity index (χ2v) is 2.76. The van der Waals surface area contributed by atoms with Gasteiger partial charge in [-0.25, -0.2) is 0 Å². The van der Waals surface area contributed by atoms with Gasteiger partial charge in [0.05, 0.1) is 0 Å². The molecule has 0 aliphatic heterocycles. The van der Waals surface area contributed by atoms with Crippen molar-refractivity contribution in [2.75, 3.05) is 13.2 Å². The van der Waals surface area contributed by atoms with E-state index < -0.39 is 0 Å². The summed E-state index contributed by atoms with van der Waals surface area (Å²) in [5.41, 5.74) is 6.49. The largest absolute Gasteiger partial charge is 0.492 e. The Morgan fingerprint density at radius 3 is 2.31 bits per heavy atom. The smallest absolute Gasteiger partial charge is 0.119 e. The van der Waals surface area contributed by atoms with Gasteiger partial charge in [0, 0.05) is 12.3 Å². The molecule has 0 fully saturated rings. The van der Waals surface area contributed by atoms with E-state index in [4.69, 9.17) is 10.5 Å². The number of hydrogen-bond donors (Lipinski definition) is 2. The van der Waals surface area contributed by atoms with Gasteiger partial charge < -0.3 is 10.5 Å². The monoisotopic (exact) mass is 219 g/mol. The van der Waals surface area contributed by atoms with Crippen LogP contribution in [0.4, 0.5) is 0 Å². The number of ether oxygens (including phenoxy) is 1. The Bertz CT molecular complexity index is 228. The van der Waals surface area contributed by atoms with Crippen LogP contribution in [0.25, 0.3) is 0 Å². The van der Waals surface area contributed by atoms with Crippen molar-refractivity contribution in [1.82, 2.24) is 0 Å². The molecule has 2 N–H and O–H groups in total. The standard InChI is InChI=1S/C9H13NOS.ClH/c10-5-6-11-9-3-1-8(7-12)2-4-9;/h1-4,12H,5-7,10H2;1H. The van der Waals surface area contributed by atoms with Crippen LogP contribution in [0.5, 0.6) is 5.75 Å². The Balaban J connectivity index is 0.00000144. The summed E-state index contributed by atoms with van der Waals surface area (Å²) in [5, 5.41) is 0. The summed E-state index contributed by atoms with van der Waals surface area (Å²) < 4.78 is 5.30. The minimum Gasteiger partial charge on any atom is -0.492 e. The van der Waals surface area contributed by atoms with Crippen molar-refractivity contribution in [3.8, 4) is 5.75 Å². The lowest BCUT2D eigenvalue weighted by Crippen LogP contribution is -2.10. The Kier molecular flexibility index (Phi) is 6.86. The molecule has 1 rings (SSSR count). The summed E-state index contributed by atoms with van der Waals surface area (Å²) in [7, 11) is 0. The van der Waals surface area contributed by atoms with Crippen LogP contribution in [0.15, 0.2) is 24.3 Å². The van der Waals surface area contributed by atoms with Gasteiger partial charge in [0.15, 0.2) is 0 Å². The maximum absolute atomic E-state index is 5.30. The second kappa shape index (κ2) is 7.06. The third-order valence-electron chi connectivity index (χ3n) is 1.49. The average Bonchev–Trinajstić information content (AvgIpc) is 2.15. The van der Waals surface area contributed by atoms with E-state index in [2.05, 4.69) is 12.6 Å². The number of thiol groups is 1. The molecular weight excluding hydrogens is 206 g/mol. The first-order chi connectivity index (χ1) is 5.86. The van der Waals surface area contributed by atoms with E-state index in [9.17, 15) is 0 Å². The van der Waals surface area contributed by atoms with Crippen molar-refractivity contribution < 1.29 is 4.74 Å². The van der Waals surface area contributed by atoms with Crippen molar-refractivity contribution in [1.29, 1.82) is 0 Å². The van der Waals surface area contributed by atoms with E-state index in [0.29, 0.717) is 13.2 Å². The summed E-state index contributed by atoms with van der Waals surface area (Å²) in [6, 6.07) is 7.86. The fraction of sp³-hybridized carbons (Fsp3) is 0.333. The van der Waals surface area contributed by atoms with Crippen LogP contribution < -0.4 is 10.5 Å². The minimum absolute atomic E-state index is 0. The van der Waals surface area contributed by atoms with E-state index in [0.717, 1.165) is 11.5 Å². The molecule has 1 aromatic rings. The Morgan fingerprint density at radius 1 is 1.23 bits per heavy atom. The number of rotatable bonds is 4. The first-order valence-corrected chi connectivity index (χ1v) is 4.52. The van der Waals surface area contributed by atoms with Crippen LogP contribution in [0.2, 0.25) is 0 Å². The zero-order chi connectivity index (χ0) is 8.81. The van der Waals surface area contributed by atoms with Crippen LogP contribution in [0.1, 0.15) is 5.56 Å². The Labute approximate surface area is 90.3 Å². The third kappa shape index (κ3) is 4.41. The van der Waals surface area contributed by atoms with Gasteiger partial charge in [-0.05, 0) is 17.7 Å². The van der Waals surface area contributed by atoms with Gasteiger partial charge >= 0.3 is 0 Å². The molecule has 74 valence electrons. The predicted molar refractivity (Wildman–Crippen MR) is 60.9 cm³/mol. The lowest BCUT2D eigenvalue weighted by molar-refractivity contribution is 0.328. The highest BCUT2D eigenvalue weighted by atomic mass is 35.5. The maximum Gasteiger partial charge on any atom is 0.119 e. The topological polar surface area (TPSA) is 35.2 Å². The van der Waals surface area contributed by atoms with Gasteiger partial charge in [-0.2, -0.15) is 12.6 Å². The van der Waals surface area contributed by atoms with Gasteiger partial charge in [-0.15, -0.1) is 12.4 Å². The molecule has 0 radical (unpaired) electrons. The summed E-state index contributed by atoms with van der Waals surface area (Å²) in [4.78, 5) is 0. The summed E-state index contributed by atoms with van der Waals surface area (Å²) in [6.07, 6.45) is 0. The number of benzene rings is 1. The van der Waals surface area contributed by atoms with Gasteiger partial charge in [0.1, 0.15) is 12.4 Å². The summed E-state index contributed by atoms with van der Waals surface area (Å²) in [6.45, 7) is 1.12. The fourth-order valence-electron chi connectivity index (χ4n) is 0.868. The predicted octanol–water partition coefficient (Wildman–Crippen LogP) is 1.88. The SMILES string of the molecule is Cl.NCCOc1ccc(CS)cc1. The molecule has 0 bridgehead atoms. The van der Waals surface area contributed by atoms with Crippen LogP contribution in [0.3, 0.4) is 0 Å². The second-order valence-electron chi connectivity index (χ2n) is 2.44. The quantitative estimate of drug-likeness (QED) is 0.759. The third-order valence-corrected chi connectivity index (χ3v) is 1.86. The van der Waals surface area contributed by atoms with E-state index in [1.165, 1.54) is 5.56 Å². The van der Waals surface area contributed by atoms with Crippen LogP contribution in [-0.4, -0.2) is 13.2 Å². The van der Waals surface area contributed by atoms with E-state index in [1.807, 2.05) is 24.3 Å². The molecule has 4 heteroatoms. The Hall–Kier alpha value is -0.380. The lowest BCUT2D eigenvalue weighted by atomic mass is 10.2. The number of halogens is 1. The zero-order valence-electron chi connectivity index (χ0n) is 7.27. The van der Waals surface area contributed by atoms with Crippen molar-refractivity contribution in [2.24, 2.45) is 5.73 Å². The average molecular weight is 220 g/mol. The molecule has 0 saturated carbocycles. The molecule has 1 aromatic carbocycles. The van der Waals surface area contributed by atoms with E-state index >= 15 is 0 Å². The van der Waals surface area contributed by atoms with Crippen LogP contribution in [0, 0.1) is 0 Å². The highest BCUT2D eigenvalue weighted by Crippen LogP contribution is 2.12. The molecule has 0 amide bonds. The number of hydrogen-bond acceptors (Lipinski definition) is 3. The molecule has 0 aromatic heterocycles. The molecule has 2 nitrogen and oxygen atoms in total. The molecule has 0 spiro atoms. The van der Waals surface area contributed by atoms with Crippen molar-refractivity contribution in [2.45, 2.75) is 5.75 Å². The van der Waals surface area contributed by atoms with E-state index in [-0.39, 0.29) is 12.4 Å². The summed E-state index contributed by atoms with van der Waals surface area (Å²) >= 11 is 4.15. The molecule has 0 atom stereocenters.